The van der Waals surface area contributed by atoms with Crippen molar-refractivity contribution in [2.75, 3.05) is 0 Å². The Kier molecular flexibility index (Phi) is 4.92. The summed E-state index contributed by atoms with van der Waals surface area (Å²) in [5.41, 5.74) is 4.40. The Balaban J connectivity index is 2.27. The fraction of sp³-hybridized carbons (Fsp3) is 0.211. The monoisotopic (exact) mass is 292 g/mol. The summed E-state index contributed by atoms with van der Waals surface area (Å²) < 4.78 is 5.74. The van der Waals surface area contributed by atoms with Crippen LogP contribution in [0.5, 0.6) is 0 Å². The lowest BCUT2D eigenvalue weighted by molar-refractivity contribution is 0.526. The van der Waals surface area contributed by atoms with E-state index < -0.39 is 0 Å². The first-order valence-electron chi connectivity index (χ1n) is 7.18. The molecule has 1 aromatic rings. The minimum absolute atomic E-state index is 0.0164. The van der Waals surface area contributed by atoms with Gasteiger partial charge in [0.05, 0.1) is 5.57 Å². The standard InChI is InChI=1S/C19H20N2O/c1-5-7-8-10-15(6-2)17-20-21-18(22-17)16-11-9-13-19(3,4)14-12-16/h5,7-14H,2H2,1,3-4H3/b7-5+,10-8-. The summed E-state index contributed by atoms with van der Waals surface area (Å²) in [6.07, 6.45) is 17.8. The molecule has 0 N–H and O–H groups in total. The predicted octanol–water partition coefficient (Wildman–Crippen LogP) is 4.91. The molecule has 3 nitrogen and oxygen atoms in total. The van der Waals surface area contributed by atoms with Crippen molar-refractivity contribution in [1.29, 1.82) is 0 Å². The zero-order valence-corrected chi connectivity index (χ0v) is 13.2. The van der Waals surface area contributed by atoms with Crippen LogP contribution in [0.25, 0.3) is 11.1 Å². The van der Waals surface area contributed by atoms with Crippen LogP contribution in [0.4, 0.5) is 0 Å². The maximum Gasteiger partial charge on any atom is 0.255 e. The van der Waals surface area contributed by atoms with Crippen molar-refractivity contribution in [3.8, 4) is 0 Å². The molecule has 0 atom stereocenters. The molecule has 1 aliphatic carbocycles. The molecule has 2 rings (SSSR count). The molecule has 0 aromatic carbocycles. The molecule has 0 unspecified atom stereocenters. The van der Waals surface area contributed by atoms with Gasteiger partial charge in [0, 0.05) is 11.0 Å². The quantitative estimate of drug-likeness (QED) is 0.585. The zero-order chi connectivity index (χ0) is 16.0. The highest BCUT2D eigenvalue weighted by Crippen LogP contribution is 2.26. The molecular weight excluding hydrogens is 272 g/mol. The number of allylic oxidation sites excluding steroid dienone is 11. The van der Waals surface area contributed by atoms with Crippen LogP contribution in [0.15, 0.2) is 71.4 Å². The van der Waals surface area contributed by atoms with E-state index in [4.69, 9.17) is 4.42 Å². The highest BCUT2D eigenvalue weighted by molar-refractivity contribution is 5.72. The van der Waals surface area contributed by atoms with Gasteiger partial charge in [-0.15, -0.1) is 15.9 Å². The number of hydrogen-bond donors (Lipinski definition) is 0. The van der Waals surface area contributed by atoms with E-state index in [9.17, 15) is 0 Å². The molecule has 0 spiro atoms. The topological polar surface area (TPSA) is 38.9 Å². The molecule has 0 aliphatic heterocycles. The van der Waals surface area contributed by atoms with E-state index in [1.54, 1.807) is 0 Å². The van der Waals surface area contributed by atoms with Gasteiger partial charge in [-0.1, -0.05) is 63.0 Å². The molecular formula is C19H20N2O. The van der Waals surface area contributed by atoms with Crippen molar-refractivity contribution < 1.29 is 4.42 Å². The van der Waals surface area contributed by atoms with E-state index >= 15 is 0 Å². The van der Waals surface area contributed by atoms with Crippen LogP contribution in [0.1, 0.15) is 32.6 Å². The van der Waals surface area contributed by atoms with Crippen molar-refractivity contribution in [2.24, 2.45) is 5.41 Å². The fourth-order valence-corrected chi connectivity index (χ4v) is 1.88. The lowest BCUT2D eigenvalue weighted by Gasteiger charge is -2.12. The van der Waals surface area contributed by atoms with Gasteiger partial charge in [0.2, 0.25) is 5.89 Å². The molecule has 3 heteroatoms. The molecule has 1 aromatic heterocycles. The SMILES string of the molecule is C=C=C(/C=C\C=C\C)c1nnc(C2=CC=CC(C)(C)C=C2)o1. The Bertz CT molecular complexity index is 733. The summed E-state index contributed by atoms with van der Waals surface area (Å²) in [7, 11) is 0. The van der Waals surface area contributed by atoms with Gasteiger partial charge in [-0.05, 0) is 19.1 Å². The van der Waals surface area contributed by atoms with Crippen LogP contribution < -0.4 is 0 Å². The second-order valence-corrected chi connectivity index (χ2v) is 5.52. The average molecular weight is 292 g/mol. The van der Waals surface area contributed by atoms with Gasteiger partial charge in [0.1, 0.15) is 0 Å². The van der Waals surface area contributed by atoms with E-state index in [2.05, 4.69) is 48.5 Å². The molecule has 1 heterocycles. The second kappa shape index (κ2) is 6.88. The molecule has 22 heavy (non-hydrogen) atoms. The smallest absolute Gasteiger partial charge is 0.255 e. The molecule has 0 bridgehead atoms. The number of hydrogen-bond acceptors (Lipinski definition) is 3. The zero-order valence-electron chi connectivity index (χ0n) is 13.2. The lowest BCUT2D eigenvalue weighted by Crippen LogP contribution is -2.00. The Morgan fingerprint density at radius 1 is 1.27 bits per heavy atom. The summed E-state index contributed by atoms with van der Waals surface area (Å²) in [5, 5.41) is 8.19. The number of nitrogens with zero attached hydrogens (tertiary/aromatic N) is 2. The van der Waals surface area contributed by atoms with Crippen LogP contribution in [0, 0.1) is 5.41 Å². The maximum atomic E-state index is 5.74. The minimum atomic E-state index is 0.0164. The second-order valence-electron chi connectivity index (χ2n) is 5.52. The Labute approximate surface area is 131 Å². The molecule has 0 radical (unpaired) electrons. The lowest BCUT2D eigenvalue weighted by atomic mass is 9.93. The van der Waals surface area contributed by atoms with E-state index in [0.29, 0.717) is 17.4 Å². The van der Waals surface area contributed by atoms with Crippen LogP contribution in [-0.4, -0.2) is 10.2 Å². The van der Waals surface area contributed by atoms with E-state index in [0.717, 1.165) is 5.57 Å². The summed E-state index contributed by atoms with van der Waals surface area (Å²) in [4.78, 5) is 0. The minimum Gasteiger partial charge on any atom is -0.415 e. The van der Waals surface area contributed by atoms with Crippen LogP contribution in [0.2, 0.25) is 0 Å². The Morgan fingerprint density at radius 2 is 2.09 bits per heavy atom. The van der Waals surface area contributed by atoms with Crippen molar-refractivity contribution >= 4 is 11.1 Å². The molecule has 1 aliphatic rings. The van der Waals surface area contributed by atoms with Crippen LogP contribution >= 0.6 is 0 Å². The van der Waals surface area contributed by atoms with E-state index in [-0.39, 0.29) is 5.41 Å². The highest BCUT2D eigenvalue weighted by Gasteiger charge is 2.15. The summed E-state index contributed by atoms with van der Waals surface area (Å²) in [6.45, 7) is 9.90. The number of rotatable bonds is 4. The fourth-order valence-electron chi connectivity index (χ4n) is 1.88. The van der Waals surface area contributed by atoms with Gasteiger partial charge >= 0.3 is 0 Å². The van der Waals surface area contributed by atoms with Gasteiger partial charge < -0.3 is 4.42 Å². The molecule has 112 valence electrons. The van der Waals surface area contributed by atoms with Gasteiger partial charge in [-0.2, -0.15) is 0 Å². The average Bonchev–Trinajstić information content (AvgIpc) is 2.89. The third-order valence-corrected chi connectivity index (χ3v) is 3.15. The first kappa shape index (κ1) is 15.7. The van der Waals surface area contributed by atoms with Crippen molar-refractivity contribution in [3.05, 3.63) is 78.8 Å². The van der Waals surface area contributed by atoms with Gasteiger partial charge in [-0.25, -0.2) is 0 Å². The molecule has 0 saturated heterocycles. The first-order chi connectivity index (χ1) is 10.6. The van der Waals surface area contributed by atoms with Crippen molar-refractivity contribution in [3.63, 3.8) is 0 Å². The summed E-state index contributed by atoms with van der Waals surface area (Å²) >= 11 is 0. The van der Waals surface area contributed by atoms with Crippen LogP contribution in [-0.2, 0) is 0 Å². The highest BCUT2D eigenvalue weighted by atomic mass is 16.4. The van der Waals surface area contributed by atoms with Gasteiger partial charge in [0.25, 0.3) is 5.89 Å². The third kappa shape index (κ3) is 3.94. The largest absolute Gasteiger partial charge is 0.415 e. The van der Waals surface area contributed by atoms with E-state index in [1.807, 2.05) is 49.5 Å². The van der Waals surface area contributed by atoms with Gasteiger partial charge in [-0.3, -0.25) is 0 Å². The van der Waals surface area contributed by atoms with Crippen molar-refractivity contribution in [2.45, 2.75) is 20.8 Å². The molecule has 0 fully saturated rings. The third-order valence-electron chi connectivity index (χ3n) is 3.15. The Morgan fingerprint density at radius 3 is 2.82 bits per heavy atom. The number of aromatic nitrogens is 2. The predicted molar refractivity (Wildman–Crippen MR) is 90.8 cm³/mol. The summed E-state index contributed by atoms with van der Waals surface area (Å²) in [5.74, 6) is 0.897. The molecule has 0 saturated carbocycles. The van der Waals surface area contributed by atoms with Crippen LogP contribution in [0.3, 0.4) is 0 Å². The van der Waals surface area contributed by atoms with Gasteiger partial charge in [0.15, 0.2) is 0 Å². The summed E-state index contributed by atoms with van der Waals surface area (Å²) in [6, 6.07) is 0. The van der Waals surface area contributed by atoms with Crippen molar-refractivity contribution in [1.82, 2.24) is 10.2 Å². The maximum absolute atomic E-state index is 5.74. The van der Waals surface area contributed by atoms with E-state index in [1.165, 1.54) is 0 Å². The molecule has 0 amide bonds. The normalized spacial score (nSPS) is 16.8. The Hall–Kier alpha value is -2.64. The first-order valence-corrected chi connectivity index (χ1v) is 7.18.